The number of carboxylic acids is 1. The van der Waals surface area contributed by atoms with Crippen molar-refractivity contribution in [3.8, 4) is 0 Å². The SMILES string of the molecule is CC.CCOC(=O)C1(N)Cc2ccccc2C1.O=C(NC1(C(=O)O)Cc2ccccc2C1)c1cccc2cc[nH]c12. The first-order valence-electron chi connectivity index (χ1n) is 14.0. The maximum Gasteiger partial charge on any atom is 0.330 e. The summed E-state index contributed by atoms with van der Waals surface area (Å²) in [4.78, 5) is 39.5. The fraction of sp³-hybridized carbons (Fsp3) is 0.303. The Labute approximate surface area is 239 Å². The van der Waals surface area contributed by atoms with Gasteiger partial charge in [0.05, 0.1) is 17.7 Å². The zero-order valence-corrected chi connectivity index (χ0v) is 23.7. The predicted octanol–water partition coefficient (Wildman–Crippen LogP) is 4.59. The molecule has 6 rings (SSSR count). The Balaban J connectivity index is 0.000000196. The Morgan fingerprint density at radius 3 is 1.90 bits per heavy atom. The number of ether oxygens (including phenoxy) is 1. The third kappa shape index (κ3) is 6.02. The van der Waals surface area contributed by atoms with E-state index in [0.29, 0.717) is 43.4 Å². The minimum Gasteiger partial charge on any atom is -0.479 e. The molecular formula is C33H37N3O5. The van der Waals surface area contributed by atoms with E-state index < -0.39 is 17.0 Å². The molecular weight excluding hydrogens is 518 g/mol. The third-order valence-electron chi connectivity index (χ3n) is 7.51. The number of para-hydroxylation sites is 1. The molecule has 4 aromatic rings. The summed E-state index contributed by atoms with van der Waals surface area (Å²) in [5.74, 6) is -1.68. The van der Waals surface area contributed by atoms with E-state index >= 15 is 0 Å². The molecule has 214 valence electrons. The van der Waals surface area contributed by atoms with Crippen LogP contribution in [-0.4, -0.2) is 45.6 Å². The topological polar surface area (TPSA) is 135 Å². The molecule has 2 aliphatic carbocycles. The first kappa shape index (κ1) is 29.6. The first-order valence-corrected chi connectivity index (χ1v) is 14.0. The van der Waals surface area contributed by atoms with Crippen molar-refractivity contribution in [3.63, 3.8) is 0 Å². The van der Waals surface area contributed by atoms with Gasteiger partial charge < -0.3 is 25.9 Å². The van der Waals surface area contributed by atoms with Crippen molar-refractivity contribution in [1.29, 1.82) is 0 Å². The molecule has 1 aromatic heterocycles. The molecule has 8 heteroatoms. The molecule has 0 saturated carbocycles. The largest absolute Gasteiger partial charge is 0.479 e. The maximum atomic E-state index is 12.8. The highest BCUT2D eigenvalue weighted by molar-refractivity contribution is 6.07. The van der Waals surface area contributed by atoms with Gasteiger partial charge in [-0.05, 0) is 41.3 Å². The lowest BCUT2D eigenvalue weighted by Gasteiger charge is -2.25. The van der Waals surface area contributed by atoms with Crippen molar-refractivity contribution in [3.05, 3.63) is 107 Å². The van der Waals surface area contributed by atoms with Crippen LogP contribution < -0.4 is 11.1 Å². The number of H-pyrrole nitrogens is 1. The standard InChI is InChI=1S/C19H16N2O3.C12H15NO2.C2H6/c22-17(15-7-3-6-12-8-9-20-16(12)15)21-19(18(23)24)10-13-4-1-2-5-14(13)11-19;1-2-15-11(14)12(13)7-9-5-3-4-6-10(9)8-12;1-2/h1-9,20H,10-11H2,(H,21,22)(H,23,24);3-6H,2,7-8,13H2,1H3;1-2H3. The van der Waals surface area contributed by atoms with Gasteiger partial charge in [0, 0.05) is 37.3 Å². The van der Waals surface area contributed by atoms with Gasteiger partial charge in [0.25, 0.3) is 5.91 Å². The first-order chi connectivity index (χ1) is 19.7. The van der Waals surface area contributed by atoms with Crippen LogP contribution in [0.4, 0.5) is 0 Å². The highest BCUT2D eigenvalue weighted by Gasteiger charge is 2.45. The molecule has 41 heavy (non-hydrogen) atoms. The fourth-order valence-corrected chi connectivity index (χ4v) is 5.53. The van der Waals surface area contributed by atoms with Crippen molar-refractivity contribution in [2.75, 3.05) is 6.61 Å². The number of fused-ring (bicyclic) bond motifs is 3. The fourth-order valence-electron chi connectivity index (χ4n) is 5.53. The molecule has 3 aromatic carbocycles. The lowest BCUT2D eigenvalue weighted by molar-refractivity contribution is -0.149. The molecule has 0 fully saturated rings. The number of hydrogen-bond donors (Lipinski definition) is 4. The van der Waals surface area contributed by atoms with Crippen LogP contribution in [0.15, 0.2) is 79.0 Å². The number of amides is 1. The van der Waals surface area contributed by atoms with Crippen molar-refractivity contribution in [1.82, 2.24) is 10.3 Å². The average Bonchev–Trinajstić information content (AvgIpc) is 3.69. The normalized spacial score (nSPS) is 15.3. The van der Waals surface area contributed by atoms with Crippen LogP contribution in [0.25, 0.3) is 10.9 Å². The molecule has 1 heterocycles. The zero-order valence-electron chi connectivity index (χ0n) is 23.7. The number of aliphatic carboxylic acids is 1. The van der Waals surface area contributed by atoms with E-state index in [9.17, 15) is 19.5 Å². The van der Waals surface area contributed by atoms with Gasteiger partial charge >= 0.3 is 11.9 Å². The van der Waals surface area contributed by atoms with E-state index in [-0.39, 0.29) is 11.9 Å². The number of aromatic nitrogens is 1. The van der Waals surface area contributed by atoms with E-state index in [1.54, 1.807) is 25.3 Å². The molecule has 8 nitrogen and oxygen atoms in total. The molecule has 1 amide bonds. The number of hydrogen-bond acceptors (Lipinski definition) is 5. The Hall–Kier alpha value is -4.43. The third-order valence-corrected chi connectivity index (χ3v) is 7.51. The molecule has 0 aliphatic heterocycles. The molecule has 0 saturated heterocycles. The van der Waals surface area contributed by atoms with Crippen LogP contribution in [0.5, 0.6) is 0 Å². The Bertz CT molecular complexity index is 1510. The molecule has 2 aliphatic rings. The second kappa shape index (κ2) is 12.4. The lowest BCUT2D eigenvalue weighted by atomic mass is 9.95. The molecule has 0 unspecified atom stereocenters. The van der Waals surface area contributed by atoms with E-state index in [2.05, 4.69) is 10.3 Å². The molecule has 0 spiro atoms. The van der Waals surface area contributed by atoms with Gasteiger partial charge in [-0.2, -0.15) is 0 Å². The molecule has 0 atom stereocenters. The molecule has 5 N–H and O–H groups in total. The van der Waals surface area contributed by atoms with Gasteiger partial charge in [0.2, 0.25) is 0 Å². The number of benzene rings is 3. The maximum absolute atomic E-state index is 12.8. The number of rotatable bonds is 5. The summed E-state index contributed by atoms with van der Waals surface area (Å²) in [6.45, 7) is 6.18. The van der Waals surface area contributed by atoms with Crippen LogP contribution in [0.2, 0.25) is 0 Å². The van der Waals surface area contributed by atoms with Crippen molar-refractivity contribution in [2.45, 2.75) is 57.5 Å². The molecule has 0 bridgehead atoms. The van der Waals surface area contributed by atoms with Crippen LogP contribution in [0, 0.1) is 0 Å². The highest BCUT2D eigenvalue weighted by atomic mass is 16.5. The van der Waals surface area contributed by atoms with Gasteiger partial charge in [0.1, 0.15) is 11.1 Å². The molecule has 0 radical (unpaired) electrons. The number of carboxylic acid groups (broad SMARTS) is 1. The Kier molecular flexibility index (Phi) is 8.93. The van der Waals surface area contributed by atoms with Crippen molar-refractivity contribution in [2.24, 2.45) is 5.73 Å². The van der Waals surface area contributed by atoms with Gasteiger partial charge in [-0.3, -0.25) is 9.59 Å². The number of esters is 1. The average molecular weight is 556 g/mol. The smallest absolute Gasteiger partial charge is 0.330 e. The lowest BCUT2D eigenvalue weighted by Crippen LogP contribution is -2.55. The monoisotopic (exact) mass is 555 g/mol. The van der Waals surface area contributed by atoms with Gasteiger partial charge in [-0.25, -0.2) is 4.79 Å². The second-order valence-corrected chi connectivity index (χ2v) is 10.2. The quantitative estimate of drug-likeness (QED) is 0.266. The number of carbonyl (C=O) groups excluding carboxylic acids is 2. The highest BCUT2D eigenvalue weighted by Crippen LogP contribution is 2.31. The van der Waals surface area contributed by atoms with Crippen molar-refractivity contribution < 1.29 is 24.2 Å². The van der Waals surface area contributed by atoms with Crippen LogP contribution in [-0.2, 0) is 40.0 Å². The minimum absolute atomic E-state index is 0.291. The summed E-state index contributed by atoms with van der Waals surface area (Å²) < 4.78 is 5.00. The summed E-state index contributed by atoms with van der Waals surface area (Å²) in [7, 11) is 0. The van der Waals surface area contributed by atoms with Crippen molar-refractivity contribution >= 4 is 28.7 Å². The van der Waals surface area contributed by atoms with Gasteiger partial charge in [0.15, 0.2) is 0 Å². The number of nitrogens with two attached hydrogens (primary N) is 1. The van der Waals surface area contributed by atoms with E-state index in [0.717, 1.165) is 27.6 Å². The van der Waals surface area contributed by atoms with Crippen LogP contribution >= 0.6 is 0 Å². The number of carbonyl (C=O) groups is 3. The summed E-state index contributed by atoms with van der Waals surface area (Å²) in [5, 5.41) is 13.5. The van der Waals surface area contributed by atoms with Gasteiger partial charge in [-0.1, -0.05) is 74.5 Å². The summed E-state index contributed by atoms with van der Waals surface area (Å²) >= 11 is 0. The minimum atomic E-state index is -1.30. The van der Waals surface area contributed by atoms with E-state index in [1.165, 1.54) is 0 Å². The van der Waals surface area contributed by atoms with Crippen LogP contribution in [0.3, 0.4) is 0 Å². The summed E-state index contributed by atoms with van der Waals surface area (Å²) in [6.07, 6.45) is 3.53. The number of aromatic amines is 1. The van der Waals surface area contributed by atoms with E-state index in [1.807, 2.05) is 74.5 Å². The Morgan fingerprint density at radius 1 is 0.854 bits per heavy atom. The van der Waals surface area contributed by atoms with Crippen LogP contribution in [0.1, 0.15) is 53.4 Å². The second-order valence-electron chi connectivity index (χ2n) is 10.2. The zero-order chi connectivity index (χ0) is 29.6. The summed E-state index contributed by atoms with van der Waals surface area (Å²) in [5.41, 5.74) is 9.35. The summed E-state index contributed by atoms with van der Waals surface area (Å²) in [6, 6.07) is 22.9. The van der Waals surface area contributed by atoms with E-state index in [4.69, 9.17) is 10.5 Å². The van der Waals surface area contributed by atoms with Gasteiger partial charge in [-0.15, -0.1) is 0 Å². The Morgan fingerprint density at radius 2 is 1.39 bits per heavy atom. The predicted molar refractivity (Wildman–Crippen MR) is 159 cm³/mol. The number of nitrogens with one attached hydrogen (secondary N) is 2.